The highest BCUT2D eigenvalue weighted by molar-refractivity contribution is 7.90. The SMILES string of the molecule is CCS(=O)(=O)Cc1ccc2c(c1)C1=CN(C)CC=C1[C@H](C1CC1)N=C2c1ccc(F)cc1. The van der Waals surface area contributed by atoms with Gasteiger partial charge in [-0.15, -0.1) is 0 Å². The first-order valence-corrected chi connectivity index (χ1v) is 13.0. The summed E-state index contributed by atoms with van der Waals surface area (Å²) in [5, 5.41) is 0. The molecule has 32 heavy (non-hydrogen) atoms. The topological polar surface area (TPSA) is 49.7 Å². The fourth-order valence-corrected chi connectivity index (χ4v) is 5.45. The molecule has 0 saturated heterocycles. The smallest absolute Gasteiger partial charge is 0.154 e. The normalized spacial score (nSPS) is 20.5. The van der Waals surface area contributed by atoms with E-state index in [0.717, 1.165) is 52.9 Å². The van der Waals surface area contributed by atoms with E-state index in [2.05, 4.69) is 17.2 Å². The zero-order valence-corrected chi connectivity index (χ0v) is 19.2. The Morgan fingerprint density at radius 1 is 1.09 bits per heavy atom. The third-order valence-electron chi connectivity index (χ3n) is 6.49. The van der Waals surface area contributed by atoms with E-state index in [-0.39, 0.29) is 23.4 Å². The molecule has 4 nitrogen and oxygen atoms in total. The first-order chi connectivity index (χ1) is 15.3. The lowest BCUT2D eigenvalue weighted by Crippen LogP contribution is -2.21. The molecule has 1 saturated carbocycles. The highest BCUT2D eigenvalue weighted by atomic mass is 32.2. The molecular weight excluding hydrogens is 423 g/mol. The van der Waals surface area contributed by atoms with E-state index in [0.29, 0.717) is 5.92 Å². The molecule has 0 amide bonds. The van der Waals surface area contributed by atoms with Gasteiger partial charge in [0.05, 0.1) is 17.5 Å². The molecule has 0 radical (unpaired) electrons. The monoisotopic (exact) mass is 450 g/mol. The lowest BCUT2D eigenvalue weighted by Gasteiger charge is -2.26. The molecule has 0 bridgehead atoms. The number of hydrogen-bond donors (Lipinski definition) is 0. The quantitative estimate of drug-likeness (QED) is 0.669. The van der Waals surface area contributed by atoms with Crippen molar-refractivity contribution in [2.75, 3.05) is 19.3 Å². The third kappa shape index (κ3) is 4.04. The Labute approximate surface area is 189 Å². The summed E-state index contributed by atoms with van der Waals surface area (Å²) in [7, 11) is -1.10. The Kier molecular flexibility index (Phi) is 5.28. The van der Waals surface area contributed by atoms with Crippen molar-refractivity contribution < 1.29 is 12.8 Å². The summed E-state index contributed by atoms with van der Waals surface area (Å²) in [6.45, 7) is 2.50. The van der Waals surface area contributed by atoms with Gasteiger partial charge in [0.15, 0.2) is 9.84 Å². The predicted octanol–water partition coefficient (Wildman–Crippen LogP) is 4.60. The summed E-state index contributed by atoms with van der Waals surface area (Å²) >= 11 is 0. The highest BCUT2D eigenvalue weighted by Crippen LogP contribution is 2.45. The Morgan fingerprint density at radius 3 is 2.53 bits per heavy atom. The molecule has 1 atom stereocenters. The van der Waals surface area contributed by atoms with Gasteiger partial charge in [0.2, 0.25) is 0 Å². The van der Waals surface area contributed by atoms with E-state index in [1.165, 1.54) is 17.7 Å². The second-order valence-corrected chi connectivity index (χ2v) is 11.3. The summed E-state index contributed by atoms with van der Waals surface area (Å²) in [5.74, 6) is 0.376. The van der Waals surface area contributed by atoms with Crippen LogP contribution in [0.15, 0.2) is 65.3 Å². The molecule has 0 unspecified atom stereocenters. The Balaban J connectivity index is 1.72. The molecule has 2 heterocycles. The number of sulfone groups is 1. The van der Waals surface area contributed by atoms with Crippen LogP contribution in [0.1, 0.15) is 42.0 Å². The minimum absolute atomic E-state index is 0.0219. The number of halogens is 1. The average molecular weight is 451 g/mol. The van der Waals surface area contributed by atoms with Gasteiger partial charge in [0, 0.05) is 42.2 Å². The molecule has 2 aromatic carbocycles. The maximum atomic E-state index is 13.7. The van der Waals surface area contributed by atoms with Crippen molar-refractivity contribution in [3.05, 3.63) is 88.4 Å². The summed E-state index contributed by atoms with van der Waals surface area (Å²) < 4.78 is 38.3. The van der Waals surface area contributed by atoms with Crippen molar-refractivity contribution in [1.29, 1.82) is 0 Å². The molecule has 2 aliphatic heterocycles. The molecule has 166 valence electrons. The first-order valence-electron chi connectivity index (χ1n) is 11.1. The Bertz CT molecular complexity index is 1260. The Hall–Kier alpha value is -2.73. The van der Waals surface area contributed by atoms with Crippen molar-refractivity contribution in [3.8, 4) is 0 Å². The van der Waals surface area contributed by atoms with E-state index < -0.39 is 9.84 Å². The number of rotatable bonds is 5. The van der Waals surface area contributed by atoms with Gasteiger partial charge in [-0.1, -0.05) is 25.1 Å². The zero-order valence-electron chi connectivity index (χ0n) is 18.4. The van der Waals surface area contributed by atoms with Gasteiger partial charge in [-0.3, -0.25) is 4.99 Å². The molecule has 5 rings (SSSR count). The van der Waals surface area contributed by atoms with Gasteiger partial charge >= 0.3 is 0 Å². The molecule has 0 N–H and O–H groups in total. The van der Waals surface area contributed by atoms with Crippen LogP contribution in [-0.4, -0.2) is 44.4 Å². The second kappa shape index (κ2) is 8.00. The van der Waals surface area contributed by atoms with Gasteiger partial charge in [0.25, 0.3) is 0 Å². The van der Waals surface area contributed by atoms with Gasteiger partial charge in [-0.2, -0.15) is 0 Å². The van der Waals surface area contributed by atoms with Crippen LogP contribution >= 0.6 is 0 Å². The van der Waals surface area contributed by atoms with Crippen molar-refractivity contribution >= 4 is 21.1 Å². The van der Waals surface area contributed by atoms with E-state index >= 15 is 0 Å². The minimum atomic E-state index is -3.15. The molecule has 3 aliphatic rings. The molecule has 0 aromatic heterocycles. The highest BCUT2D eigenvalue weighted by Gasteiger charge is 2.38. The summed E-state index contributed by atoms with van der Waals surface area (Å²) in [4.78, 5) is 7.40. The van der Waals surface area contributed by atoms with Crippen LogP contribution in [0.2, 0.25) is 0 Å². The summed E-state index contributed by atoms with van der Waals surface area (Å²) in [5.41, 5.74) is 6.80. The number of fused-ring (bicyclic) bond motifs is 3. The molecule has 6 heteroatoms. The molecule has 2 aromatic rings. The van der Waals surface area contributed by atoms with Crippen LogP contribution < -0.4 is 0 Å². The lowest BCUT2D eigenvalue weighted by molar-refractivity contribution is 0.500. The van der Waals surface area contributed by atoms with Crippen molar-refractivity contribution in [2.24, 2.45) is 10.9 Å². The summed E-state index contributed by atoms with van der Waals surface area (Å²) in [6.07, 6.45) is 6.72. The number of aliphatic imine (C=N–C) groups is 1. The van der Waals surface area contributed by atoms with Crippen LogP contribution in [-0.2, 0) is 15.6 Å². The number of nitrogens with zero attached hydrogens (tertiary/aromatic N) is 2. The first kappa shape index (κ1) is 21.1. The van der Waals surface area contributed by atoms with Crippen molar-refractivity contribution in [2.45, 2.75) is 31.6 Å². The van der Waals surface area contributed by atoms with Gasteiger partial charge in [-0.05, 0) is 65.8 Å². The average Bonchev–Trinajstić information content (AvgIpc) is 3.61. The maximum Gasteiger partial charge on any atom is 0.154 e. The maximum absolute atomic E-state index is 13.7. The third-order valence-corrected chi connectivity index (χ3v) is 8.14. The largest absolute Gasteiger partial charge is 0.376 e. The molecule has 1 fully saturated rings. The number of hydrogen-bond acceptors (Lipinski definition) is 4. The van der Waals surface area contributed by atoms with Crippen LogP contribution in [0.25, 0.3) is 5.57 Å². The van der Waals surface area contributed by atoms with E-state index in [1.54, 1.807) is 19.1 Å². The van der Waals surface area contributed by atoms with Crippen LogP contribution in [0, 0.1) is 11.7 Å². The van der Waals surface area contributed by atoms with Crippen LogP contribution in [0.3, 0.4) is 0 Å². The molecule has 1 aliphatic carbocycles. The number of benzene rings is 2. The molecular formula is C26H27FN2O2S. The van der Waals surface area contributed by atoms with E-state index in [9.17, 15) is 12.8 Å². The van der Waals surface area contributed by atoms with Gasteiger partial charge < -0.3 is 4.90 Å². The lowest BCUT2D eigenvalue weighted by atomic mass is 9.86. The van der Waals surface area contributed by atoms with Crippen LogP contribution in [0.4, 0.5) is 4.39 Å². The van der Waals surface area contributed by atoms with Gasteiger partial charge in [0.1, 0.15) is 5.82 Å². The van der Waals surface area contributed by atoms with Crippen LogP contribution in [0.5, 0.6) is 0 Å². The van der Waals surface area contributed by atoms with E-state index in [4.69, 9.17) is 4.99 Å². The van der Waals surface area contributed by atoms with Crippen molar-refractivity contribution in [3.63, 3.8) is 0 Å². The fraction of sp³-hybridized carbons (Fsp3) is 0.346. The summed E-state index contributed by atoms with van der Waals surface area (Å²) in [6, 6.07) is 12.4. The Morgan fingerprint density at radius 2 is 1.84 bits per heavy atom. The van der Waals surface area contributed by atoms with Gasteiger partial charge in [-0.25, -0.2) is 12.8 Å². The van der Waals surface area contributed by atoms with E-state index in [1.807, 2.05) is 25.2 Å². The standard InChI is InChI=1S/C26H27FN2O2S/c1-3-32(30,31)16-17-4-11-21-23(14-17)24-15-29(2)13-12-22(24)26(18-5-6-18)28-25(21)19-7-9-20(27)10-8-19/h4,7-12,14-15,18,26H,3,5-6,13,16H2,1-2H3/t26-/m0/s1. The fourth-order valence-electron chi connectivity index (χ4n) is 4.56. The molecule has 0 spiro atoms. The second-order valence-electron chi connectivity index (χ2n) is 8.97. The zero-order chi connectivity index (χ0) is 22.5. The number of likely N-dealkylation sites (N-methyl/N-ethyl adjacent to an activating group) is 1. The predicted molar refractivity (Wildman–Crippen MR) is 127 cm³/mol. The minimum Gasteiger partial charge on any atom is -0.376 e. The van der Waals surface area contributed by atoms with Crippen molar-refractivity contribution in [1.82, 2.24) is 4.90 Å².